The third-order valence-corrected chi connectivity index (χ3v) is 4.29. The molecule has 1 aromatic carbocycles. The smallest absolute Gasteiger partial charge is 0.137 e. The van der Waals surface area contributed by atoms with Crippen molar-refractivity contribution in [2.75, 3.05) is 0 Å². The fraction of sp³-hybridized carbons (Fsp3) is 0.500. The fourth-order valence-electron chi connectivity index (χ4n) is 3.46. The molecule has 0 bridgehead atoms. The molecule has 1 nitrogen and oxygen atoms in total. The summed E-state index contributed by atoms with van der Waals surface area (Å²) in [6.07, 6.45) is 3.13. The Kier molecular flexibility index (Phi) is 1.79. The van der Waals surface area contributed by atoms with E-state index in [4.69, 9.17) is 0 Å². The van der Waals surface area contributed by atoms with Crippen LogP contribution >= 0.6 is 0 Å². The largest absolute Gasteiger partial charge is 0.299 e. The minimum absolute atomic E-state index is 0.288. The number of ketones is 1. The number of Topliss-reactive ketones (excluding diaryl/α,β-unsaturated/α-hetero) is 1. The number of hydrogen-bond donors (Lipinski definition) is 0. The van der Waals surface area contributed by atoms with Gasteiger partial charge < -0.3 is 0 Å². The molecule has 1 aromatic rings. The van der Waals surface area contributed by atoms with Gasteiger partial charge in [0.25, 0.3) is 0 Å². The quantitative estimate of drug-likeness (QED) is 0.680. The van der Waals surface area contributed by atoms with Gasteiger partial charge in [-0.2, -0.15) is 0 Å². The van der Waals surface area contributed by atoms with Crippen molar-refractivity contribution in [3.8, 4) is 0 Å². The van der Waals surface area contributed by atoms with Crippen molar-refractivity contribution >= 4 is 5.78 Å². The minimum Gasteiger partial charge on any atom is -0.299 e. The molecule has 2 aliphatic carbocycles. The van der Waals surface area contributed by atoms with Gasteiger partial charge in [-0.05, 0) is 23.8 Å². The average molecular weight is 200 g/mol. The number of carbonyl (C=O) groups excluding carboxylic acids is 1. The first-order chi connectivity index (χ1) is 7.23. The van der Waals surface area contributed by atoms with Crippen LogP contribution in [0.2, 0.25) is 0 Å². The summed E-state index contributed by atoms with van der Waals surface area (Å²) < 4.78 is 0. The fourth-order valence-corrected chi connectivity index (χ4v) is 3.46. The van der Waals surface area contributed by atoms with E-state index in [1.54, 1.807) is 0 Å². The molecule has 15 heavy (non-hydrogen) atoms. The number of hydrogen-bond acceptors (Lipinski definition) is 1. The van der Waals surface area contributed by atoms with Crippen LogP contribution in [0.3, 0.4) is 0 Å². The monoisotopic (exact) mass is 200 g/mol. The van der Waals surface area contributed by atoms with Gasteiger partial charge in [0, 0.05) is 18.3 Å². The lowest BCUT2D eigenvalue weighted by Crippen LogP contribution is -2.13. The Morgan fingerprint density at radius 2 is 1.93 bits per heavy atom. The maximum atomic E-state index is 11.8. The molecule has 0 spiro atoms. The Morgan fingerprint density at radius 1 is 1.20 bits per heavy atom. The molecule has 1 heteroatoms. The lowest BCUT2D eigenvalue weighted by molar-refractivity contribution is -0.122. The predicted octanol–water partition coefficient (Wildman–Crippen LogP) is 3.16. The normalized spacial score (nSPS) is 38.6. The van der Waals surface area contributed by atoms with Crippen LogP contribution in [0.1, 0.15) is 37.7 Å². The number of rotatable bonds is 1. The molecule has 0 aromatic heterocycles. The van der Waals surface area contributed by atoms with Gasteiger partial charge in [0.2, 0.25) is 0 Å². The maximum absolute atomic E-state index is 11.8. The van der Waals surface area contributed by atoms with Crippen molar-refractivity contribution in [3.05, 3.63) is 35.9 Å². The summed E-state index contributed by atoms with van der Waals surface area (Å²) in [5.74, 6) is 1.33. The molecule has 0 N–H and O–H groups in total. The van der Waals surface area contributed by atoms with Crippen LogP contribution < -0.4 is 0 Å². The molecule has 0 saturated heterocycles. The van der Waals surface area contributed by atoms with Crippen molar-refractivity contribution in [2.45, 2.75) is 32.1 Å². The second-order valence-electron chi connectivity index (χ2n) is 5.19. The molecule has 0 heterocycles. The van der Waals surface area contributed by atoms with Gasteiger partial charge in [0.1, 0.15) is 5.78 Å². The van der Waals surface area contributed by atoms with Crippen LogP contribution in [0.5, 0.6) is 0 Å². The third kappa shape index (κ3) is 1.19. The summed E-state index contributed by atoms with van der Waals surface area (Å²) in [6.45, 7) is 2.28. The van der Waals surface area contributed by atoms with E-state index in [9.17, 15) is 4.79 Å². The SMILES string of the molecule is CC12CCCC(=O)C1C2c1ccccc1. The van der Waals surface area contributed by atoms with Crippen LogP contribution in [-0.4, -0.2) is 5.78 Å². The zero-order valence-corrected chi connectivity index (χ0v) is 9.07. The van der Waals surface area contributed by atoms with Crippen molar-refractivity contribution in [1.82, 2.24) is 0 Å². The first-order valence-electron chi connectivity index (χ1n) is 5.81. The van der Waals surface area contributed by atoms with Gasteiger partial charge in [0.15, 0.2) is 0 Å². The highest BCUT2D eigenvalue weighted by atomic mass is 16.1. The van der Waals surface area contributed by atoms with E-state index in [-0.39, 0.29) is 5.41 Å². The zero-order valence-electron chi connectivity index (χ0n) is 9.07. The second-order valence-corrected chi connectivity index (χ2v) is 5.19. The lowest BCUT2D eigenvalue weighted by atomic mass is 9.89. The second kappa shape index (κ2) is 2.94. The Hall–Kier alpha value is -1.11. The summed E-state index contributed by atoms with van der Waals surface area (Å²) in [6, 6.07) is 10.5. The van der Waals surface area contributed by atoms with E-state index in [1.807, 2.05) is 6.07 Å². The summed E-state index contributed by atoms with van der Waals surface area (Å²) >= 11 is 0. The number of benzene rings is 1. The summed E-state index contributed by atoms with van der Waals surface area (Å²) in [5.41, 5.74) is 1.65. The Bertz CT molecular complexity index is 395. The predicted molar refractivity (Wildman–Crippen MR) is 59.6 cm³/mol. The van der Waals surface area contributed by atoms with E-state index in [0.717, 1.165) is 12.8 Å². The van der Waals surface area contributed by atoms with E-state index in [0.29, 0.717) is 17.6 Å². The Balaban J connectivity index is 1.94. The Labute approximate surface area is 90.5 Å². The Morgan fingerprint density at radius 3 is 2.60 bits per heavy atom. The average Bonchev–Trinajstić information content (AvgIpc) is 2.87. The first-order valence-corrected chi connectivity index (χ1v) is 5.81. The van der Waals surface area contributed by atoms with Crippen molar-refractivity contribution in [3.63, 3.8) is 0 Å². The molecule has 2 saturated carbocycles. The van der Waals surface area contributed by atoms with Gasteiger partial charge in [-0.3, -0.25) is 4.79 Å². The van der Waals surface area contributed by atoms with Crippen LogP contribution in [0, 0.1) is 11.3 Å². The first kappa shape index (κ1) is 9.14. The molecule has 2 fully saturated rings. The highest BCUT2D eigenvalue weighted by Gasteiger charge is 2.65. The van der Waals surface area contributed by atoms with Crippen LogP contribution in [-0.2, 0) is 4.79 Å². The van der Waals surface area contributed by atoms with Gasteiger partial charge in [0.05, 0.1) is 0 Å². The van der Waals surface area contributed by atoms with Crippen LogP contribution in [0.4, 0.5) is 0 Å². The molecule has 0 amide bonds. The van der Waals surface area contributed by atoms with E-state index >= 15 is 0 Å². The lowest BCUT2D eigenvalue weighted by Gasteiger charge is -2.15. The van der Waals surface area contributed by atoms with Crippen LogP contribution in [0.25, 0.3) is 0 Å². The molecule has 3 atom stereocenters. The van der Waals surface area contributed by atoms with Gasteiger partial charge in [-0.15, -0.1) is 0 Å². The molecule has 3 unspecified atom stereocenters. The van der Waals surface area contributed by atoms with Crippen molar-refractivity contribution < 1.29 is 4.79 Å². The van der Waals surface area contributed by atoms with Crippen molar-refractivity contribution in [1.29, 1.82) is 0 Å². The van der Waals surface area contributed by atoms with Gasteiger partial charge in [-0.25, -0.2) is 0 Å². The molecule has 0 radical (unpaired) electrons. The third-order valence-electron chi connectivity index (χ3n) is 4.29. The van der Waals surface area contributed by atoms with Gasteiger partial charge >= 0.3 is 0 Å². The topological polar surface area (TPSA) is 17.1 Å². The maximum Gasteiger partial charge on any atom is 0.137 e. The highest BCUT2D eigenvalue weighted by Crippen LogP contribution is 2.69. The molecule has 78 valence electrons. The van der Waals surface area contributed by atoms with Gasteiger partial charge in [-0.1, -0.05) is 37.3 Å². The van der Waals surface area contributed by atoms with E-state index in [1.165, 1.54) is 12.0 Å². The summed E-state index contributed by atoms with van der Waals surface area (Å²) in [5, 5.41) is 0. The zero-order chi connectivity index (χ0) is 10.5. The summed E-state index contributed by atoms with van der Waals surface area (Å²) in [4.78, 5) is 11.8. The van der Waals surface area contributed by atoms with E-state index in [2.05, 4.69) is 31.2 Å². The van der Waals surface area contributed by atoms with Crippen LogP contribution in [0.15, 0.2) is 30.3 Å². The number of carbonyl (C=O) groups is 1. The summed E-state index contributed by atoms with van der Waals surface area (Å²) in [7, 11) is 0. The molecule has 0 aliphatic heterocycles. The highest BCUT2D eigenvalue weighted by molar-refractivity contribution is 5.87. The molecular weight excluding hydrogens is 184 g/mol. The minimum atomic E-state index is 0.288. The standard InChI is InChI=1S/C14H16O/c1-14-9-5-8-11(15)13(14)12(14)10-6-3-2-4-7-10/h2-4,6-7,12-13H,5,8-9H2,1H3. The molecule has 3 rings (SSSR count). The molecule has 2 aliphatic rings. The number of fused-ring (bicyclic) bond motifs is 1. The molecular formula is C14H16O. The van der Waals surface area contributed by atoms with Crippen molar-refractivity contribution in [2.24, 2.45) is 11.3 Å². The van der Waals surface area contributed by atoms with E-state index < -0.39 is 0 Å².